The van der Waals surface area contributed by atoms with Crippen molar-refractivity contribution in [2.45, 2.75) is 6.04 Å². The first-order valence-electron chi connectivity index (χ1n) is 10.7. The van der Waals surface area contributed by atoms with E-state index in [1.54, 1.807) is 48.5 Å². The van der Waals surface area contributed by atoms with E-state index < -0.39 is 23.5 Å². The van der Waals surface area contributed by atoms with Crippen LogP contribution in [0, 0.1) is 5.82 Å². The molecule has 3 aromatic rings. The van der Waals surface area contributed by atoms with Crippen molar-refractivity contribution in [3.05, 3.63) is 94.3 Å². The highest BCUT2D eigenvalue weighted by atomic mass is 35.5. The Hall–Kier alpha value is -3.84. The molecule has 34 heavy (non-hydrogen) atoms. The minimum absolute atomic E-state index is 0.0941. The van der Waals surface area contributed by atoms with Crippen molar-refractivity contribution in [2.24, 2.45) is 0 Å². The molecule has 6 nitrogen and oxygen atoms in total. The Kier molecular flexibility index (Phi) is 5.49. The van der Waals surface area contributed by atoms with E-state index >= 15 is 0 Å². The molecule has 5 rings (SSSR count). The Labute approximate surface area is 200 Å². The van der Waals surface area contributed by atoms with Gasteiger partial charge in [-0.05, 0) is 48.5 Å². The number of Topliss-reactive ketones (excluding diaryl/α,β-unsaturated/α-hetero) is 1. The zero-order valence-corrected chi connectivity index (χ0v) is 18.9. The Bertz CT molecular complexity index is 1340. The van der Waals surface area contributed by atoms with Gasteiger partial charge in [0.1, 0.15) is 23.9 Å². The fraction of sp³-hybridized carbons (Fsp3) is 0.154. The summed E-state index contributed by atoms with van der Waals surface area (Å²) in [6.45, 7) is 1.20. The van der Waals surface area contributed by atoms with Crippen LogP contribution in [0.15, 0.2) is 72.3 Å². The van der Waals surface area contributed by atoms with Crippen LogP contribution in [0.4, 0.5) is 15.8 Å². The number of ketones is 1. The average molecular weight is 479 g/mol. The summed E-state index contributed by atoms with van der Waals surface area (Å²) < 4.78 is 20.6. The van der Waals surface area contributed by atoms with E-state index in [-0.39, 0.29) is 16.9 Å². The average Bonchev–Trinajstić information content (AvgIpc) is 3.10. The lowest BCUT2D eigenvalue weighted by molar-refractivity contribution is -0.132. The van der Waals surface area contributed by atoms with Crippen molar-refractivity contribution >= 4 is 40.4 Å². The van der Waals surface area contributed by atoms with E-state index in [4.69, 9.17) is 16.3 Å². The first-order chi connectivity index (χ1) is 16.4. The molecule has 2 heterocycles. The predicted molar refractivity (Wildman–Crippen MR) is 128 cm³/mol. The molecule has 1 fully saturated rings. The number of hydrogen-bond donors (Lipinski definition) is 1. The van der Waals surface area contributed by atoms with Gasteiger partial charge >= 0.3 is 0 Å². The summed E-state index contributed by atoms with van der Waals surface area (Å²) >= 11 is 6.00. The molecule has 1 amide bonds. The highest BCUT2D eigenvalue weighted by molar-refractivity contribution is 6.51. The summed E-state index contributed by atoms with van der Waals surface area (Å²) in [6.07, 6.45) is 0. The number of carbonyl (C=O) groups excluding carboxylic acids is 2. The van der Waals surface area contributed by atoms with Gasteiger partial charge in [0.25, 0.3) is 11.7 Å². The van der Waals surface area contributed by atoms with Gasteiger partial charge in [0.2, 0.25) is 0 Å². The van der Waals surface area contributed by atoms with Crippen molar-refractivity contribution in [1.29, 1.82) is 0 Å². The zero-order chi connectivity index (χ0) is 24.0. The van der Waals surface area contributed by atoms with Gasteiger partial charge < -0.3 is 14.7 Å². The summed E-state index contributed by atoms with van der Waals surface area (Å²) in [5, 5.41) is 11.8. The standard InChI is InChI=1S/C26H20ClFN2O4/c1-29-12-13-34-21-11-6-15(14-20(21)29)24(31)22-23(18-4-2-3-5-19(18)28)30(26(33)25(22)32)17-9-7-16(27)8-10-17/h2-11,14,23,31H,12-13H2,1H3/b24-22+. The van der Waals surface area contributed by atoms with Crippen LogP contribution in [0.5, 0.6) is 5.75 Å². The smallest absolute Gasteiger partial charge is 0.300 e. The van der Waals surface area contributed by atoms with Crippen molar-refractivity contribution in [1.82, 2.24) is 0 Å². The third-order valence-electron chi connectivity index (χ3n) is 6.08. The lowest BCUT2D eigenvalue weighted by Crippen LogP contribution is -2.29. The molecule has 2 aliphatic heterocycles. The van der Waals surface area contributed by atoms with Gasteiger partial charge in [0, 0.05) is 28.9 Å². The molecule has 8 heteroatoms. The monoisotopic (exact) mass is 478 g/mol. The highest BCUT2D eigenvalue weighted by Gasteiger charge is 2.47. The maximum absolute atomic E-state index is 15.0. The highest BCUT2D eigenvalue weighted by Crippen LogP contribution is 2.44. The van der Waals surface area contributed by atoms with Crippen LogP contribution in [0.3, 0.4) is 0 Å². The molecule has 0 spiro atoms. The van der Waals surface area contributed by atoms with Crippen LogP contribution >= 0.6 is 11.6 Å². The SMILES string of the molecule is CN1CCOc2ccc(/C(O)=C3\C(=O)C(=O)N(c4ccc(Cl)cc4)C3c3ccccc3F)cc21. The molecule has 1 unspecified atom stereocenters. The van der Waals surface area contributed by atoms with Gasteiger partial charge in [0.15, 0.2) is 0 Å². The zero-order valence-electron chi connectivity index (χ0n) is 18.2. The minimum Gasteiger partial charge on any atom is -0.507 e. The summed E-state index contributed by atoms with van der Waals surface area (Å²) in [4.78, 5) is 29.5. The largest absolute Gasteiger partial charge is 0.507 e. The molecule has 1 saturated heterocycles. The number of amides is 1. The molecule has 0 aromatic heterocycles. The van der Waals surface area contributed by atoms with E-state index in [9.17, 15) is 19.1 Å². The summed E-state index contributed by atoms with van der Waals surface area (Å²) in [5.74, 6) is -2.10. The van der Waals surface area contributed by atoms with Gasteiger partial charge in [-0.3, -0.25) is 14.5 Å². The van der Waals surface area contributed by atoms with Crippen LogP contribution in [-0.2, 0) is 9.59 Å². The lowest BCUT2D eigenvalue weighted by atomic mass is 9.94. The topological polar surface area (TPSA) is 70.1 Å². The van der Waals surface area contributed by atoms with Crippen LogP contribution in [0.1, 0.15) is 17.2 Å². The molecule has 3 aromatic carbocycles. The molecule has 172 valence electrons. The molecular formula is C26H20ClFN2O4. The number of hydrogen-bond acceptors (Lipinski definition) is 5. The number of carbonyl (C=O) groups is 2. The first-order valence-corrected chi connectivity index (χ1v) is 11.0. The van der Waals surface area contributed by atoms with Gasteiger partial charge in [-0.2, -0.15) is 0 Å². The lowest BCUT2D eigenvalue weighted by Gasteiger charge is -2.28. The number of fused-ring (bicyclic) bond motifs is 1. The van der Waals surface area contributed by atoms with Gasteiger partial charge in [0.05, 0.1) is 23.8 Å². The number of likely N-dealkylation sites (N-methyl/N-ethyl adjacent to an activating group) is 1. The molecule has 1 atom stereocenters. The fourth-order valence-corrected chi connectivity index (χ4v) is 4.47. The minimum atomic E-state index is -1.16. The Balaban J connectivity index is 1.71. The molecule has 1 N–H and O–H groups in total. The number of anilines is 2. The van der Waals surface area contributed by atoms with Crippen LogP contribution in [0.25, 0.3) is 5.76 Å². The van der Waals surface area contributed by atoms with E-state index in [0.29, 0.717) is 35.2 Å². The number of rotatable bonds is 3. The van der Waals surface area contributed by atoms with E-state index in [1.807, 2.05) is 11.9 Å². The quantitative estimate of drug-likeness (QED) is 0.328. The number of halogens is 2. The van der Waals surface area contributed by atoms with Crippen molar-refractivity contribution in [2.75, 3.05) is 30.0 Å². The van der Waals surface area contributed by atoms with Crippen LogP contribution < -0.4 is 14.5 Å². The van der Waals surface area contributed by atoms with Gasteiger partial charge in [-0.1, -0.05) is 29.8 Å². The third-order valence-corrected chi connectivity index (χ3v) is 6.33. The first kappa shape index (κ1) is 22.0. The number of nitrogens with zero attached hydrogens (tertiary/aromatic N) is 2. The fourth-order valence-electron chi connectivity index (χ4n) is 4.35. The van der Waals surface area contributed by atoms with E-state index in [1.165, 1.54) is 23.1 Å². The number of benzene rings is 3. The molecule has 0 bridgehead atoms. The summed E-state index contributed by atoms with van der Waals surface area (Å²) in [7, 11) is 1.89. The maximum Gasteiger partial charge on any atom is 0.300 e. The van der Waals surface area contributed by atoms with Crippen molar-refractivity contribution < 1.29 is 23.8 Å². The normalized spacial score (nSPS) is 19.2. The second-order valence-corrected chi connectivity index (χ2v) is 8.56. The summed E-state index contributed by atoms with van der Waals surface area (Å²) in [6, 6.07) is 16.0. The van der Waals surface area contributed by atoms with Crippen LogP contribution in [0.2, 0.25) is 5.02 Å². The second kappa shape index (κ2) is 8.50. The van der Waals surface area contributed by atoms with E-state index in [2.05, 4.69) is 0 Å². The molecule has 0 radical (unpaired) electrons. The molecular weight excluding hydrogens is 459 g/mol. The number of ether oxygens (including phenoxy) is 1. The molecule has 0 saturated carbocycles. The van der Waals surface area contributed by atoms with Crippen molar-refractivity contribution in [3.63, 3.8) is 0 Å². The Morgan fingerprint density at radius 2 is 1.82 bits per heavy atom. The third kappa shape index (κ3) is 3.58. The second-order valence-electron chi connectivity index (χ2n) is 8.12. The summed E-state index contributed by atoms with van der Waals surface area (Å²) in [5.41, 5.74) is 1.33. The van der Waals surface area contributed by atoms with Gasteiger partial charge in [-0.15, -0.1) is 0 Å². The Morgan fingerprint density at radius 1 is 1.09 bits per heavy atom. The molecule has 2 aliphatic rings. The van der Waals surface area contributed by atoms with Gasteiger partial charge in [-0.25, -0.2) is 4.39 Å². The predicted octanol–water partition coefficient (Wildman–Crippen LogP) is 4.93. The van der Waals surface area contributed by atoms with E-state index in [0.717, 1.165) is 5.69 Å². The van der Waals surface area contributed by atoms with Crippen LogP contribution in [-0.4, -0.2) is 37.0 Å². The molecule has 0 aliphatic carbocycles. The number of aliphatic hydroxyl groups is 1. The Morgan fingerprint density at radius 3 is 2.56 bits per heavy atom. The number of aliphatic hydroxyl groups excluding tert-OH is 1. The van der Waals surface area contributed by atoms with Crippen molar-refractivity contribution in [3.8, 4) is 5.75 Å². The maximum atomic E-state index is 15.0.